The molecule has 1 heteroatoms. The van der Waals surface area contributed by atoms with E-state index in [-0.39, 0.29) is 5.83 Å². The summed E-state index contributed by atoms with van der Waals surface area (Å²) in [6.45, 7) is 2.05. The molecule has 1 aliphatic carbocycles. The molecule has 50 valence electrons. The lowest BCUT2D eigenvalue weighted by Gasteiger charge is -1.86. The molecule has 0 aromatic rings. The second-order valence-electron chi connectivity index (χ2n) is 2.27. The van der Waals surface area contributed by atoms with Crippen molar-refractivity contribution in [2.75, 3.05) is 0 Å². The number of hydrogen-bond acceptors (Lipinski definition) is 0. The standard InChI is InChI=1S/C8H11F/c1-2-3-4-8(9)7-5-6-7/h4-5H,2-3,6H2,1H3. The number of hydrogen-bond donors (Lipinski definition) is 0. The van der Waals surface area contributed by atoms with Gasteiger partial charge in [-0.25, -0.2) is 4.39 Å². The predicted molar refractivity (Wildman–Crippen MR) is 36.8 cm³/mol. The Hall–Kier alpha value is -0.590. The zero-order chi connectivity index (χ0) is 6.69. The molecule has 0 spiro atoms. The first kappa shape index (κ1) is 6.53. The normalized spacial score (nSPS) is 17.6. The summed E-state index contributed by atoms with van der Waals surface area (Å²) in [7, 11) is 0. The maximum atomic E-state index is 12.6. The van der Waals surface area contributed by atoms with Crippen LogP contribution in [-0.2, 0) is 0 Å². The van der Waals surface area contributed by atoms with Crippen LogP contribution in [0.25, 0.3) is 0 Å². The molecule has 1 aliphatic rings. The monoisotopic (exact) mass is 126 g/mol. The van der Waals surface area contributed by atoms with Gasteiger partial charge in [0.1, 0.15) is 5.83 Å². The topological polar surface area (TPSA) is 0 Å². The van der Waals surface area contributed by atoms with E-state index in [1.807, 2.05) is 13.0 Å². The van der Waals surface area contributed by atoms with Crippen LogP contribution in [-0.4, -0.2) is 0 Å². The van der Waals surface area contributed by atoms with Gasteiger partial charge in [0.2, 0.25) is 0 Å². The van der Waals surface area contributed by atoms with Crippen molar-refractivity contribution >= 4 is 0 Å². The Morgan fingerprint density at radius 3 is 3.00 bits per heavy atom. The summed E-state index contributed by atoms with van der Waals surface area (Å²) in [5.74, 6) is -0.00292. The Bertz CT molecular complexity index is 154. The van der Waals surface area contributed by atoms with Crippen LogP contribution in [0.5, 0.6) is 0 Å². The molecule has 1 rings (SSSR count). The summed E-state index contributed by atoms with van der Waals surface area (Å²) in [5, 5.41) is 0. The van der Waals surface area contributed by atoms with Crippen molar-refractivity contribution in [1.82, 2.24) is 0 Å². The summed E-state index contributed by atoms with van der Waals surface area (Å²) < 4.78 is 12.6. The molecule has 0 nitrogen and oxygen atoms in total. The van der Waals surface area contributed by atoms with E-state index in [2.05, 4.69) is 0 Å². The van der Waals surface area contributed by atoms with Gasteiger partial charge in [-0.1, -0.05) is 19.4 Å². The molecular weight excluding hydrogens is 115 g/mol. The minimum atomic E-state index is -0.00292. The lowest BCUT2D eigenvalue weighted by Crippen LogP contribution is -1.68. The van der Waals surface area contributed by atoms with E-state index in [0.717, 1.165) is 24.8 Å². The zero-order valence-corrected chi connectivity index (χ0v) is 5.65. The highest BCUT2D eigenvalue weighted by molar-refractivity contribution is 5.38. The average molecular weight is 126 g/mol. The van der Waals surface area contributed by atoms with Crippen molar-refractivity contribution < 1.29 is 4.39 Å². The van der Waals surface area contributed by atoms with Crippen molar-refractivity contribution in [3.05, 3.63) is 23.6 Å². The quantitative estimate of drug-likeness (QED) is 0.545. The van der Waals surface area contributed by atoms with E-state index < -0.39 is 0 Å². The molecule has 0 unspecified atom stereocenters. The molecule has 0 amide bonds. The largest absolute Gasteiger partial charge is 0.207 e. The van der Waals surface area contributed by atoms with Gasteiger partial charge in [-0.15, -0.1) is 0 Å². The minimum Gasteiger partial charge on any atom is -0.207 e. The lowest BCUT2D eigenvalue weighted by molar-refractivity contribution is 0.649. The molecular formula is C8H11F. The Labute approximate surface area is 55.1 Å². The van der Waals surface area contributed by atoms with Crippen LogP contribution in [0.1, 0.15) is 26.2 Å². The average Bonchev–Trinajstić information content (AvgIpc) is 2.63. The van der Waals surface area contributed by atoms with E-state index >= 15 is 0 Å². The van der Waals surface area contributed by atoms with Gasteiger partial charge >= 0.3 is 0 Å². The fourth-order valence-corrected chi connectivity index (χ4v) is 0.648. The fraction of sp³-hybridized carbons (Fsp3) is 0.500. The second-order valence-corrected chi connectivity index (χ2v) is 2.27. The summed E-state index contributed by atoms with van der Waals surface area (Å²) in [5.41, 5.74) is 0.892. The fourth-order valence-electron chi connectivity index (χ4n) is 0.648. The zero-order valence-electron chi connectivity index (χ0n) is 5.65. The molecule has 9 heavy (non-hydrogen) atoms. The summed E-state index contributed by atoms with van der Waals surface area (Å²) in [6, 6.07) is 0. The van der Waals surface area contributed by atoms with Gasteiger partial charge in [-0.05, 0) is 24.5 Å². The van der Waals surface area contributed by atoms with Crippen molar-refractivity contribution in [2.24, 2.45) is 0 Å². The van der Waals surface area contributed by atoms with Crippen LogP contribution in [0, 0.1) is 0 Å². The molecule has 0 saturated heterocycles. The highest BCUT2D eigenvalue weighted by Gasteiger charge is 2.11. The molecule has 0 radical (unpaired) electrons. The highest BCUT2D eigenvalue weighted by atomic mass is 19.1. The van der Waals surface area contributed by atoms with Gasteiger partial charge < -0.3 is 0 Å². The van der Waals surface area contributed by atoms with E-state index in [1.165, 1.54) is 0 Å². The van der Waals surface area contributed by atoms with E-state index in [9.17, 15) is 4.39 Å². The maximum absolute atomic E-state index is 12.6. The van der Waals surface area contributed by atoms with Crippen LogP contribution >= 0.6 is 0 Å². The molecule has 0 aromatic carbocycles. The molecule has 0 aromatic heterocycles. The van der Waals surface area contributed by atoms with Crippen molar-refractivity contribution in [2.45, 2.75) is 26.2 Å². The van der Waals surface area contributed by atoms with Crippen LogP contribution in [0.2, 0.25) is 0 Å². The molecule has 0 fully saturated rings. The first-order valence-corrected chi connectivity index (χ1v) is 3.39. The molecule has 0 heterocycles. The Balaban J connectivity index is 2.30. The van der Waals surface area contributed by atoms with Crippen molar-refractivity contribution in [1.29, 1.82) is 0 Å². The van der Waals surface area contributed by atoms with Crippen LogP contribution in [0.4, 0.5) is 4.39 Å². The first-order chi connectivity index (χ1) is 4.34. The number of rotatable bonds is 3. The summed E-state index contributed by atoms with van der Waals surface area (Å²) in [4.78, 5) is 0. The van der Waals surface area contributed by atoms with E-state index in [4.69, 9.17) is 0 Å². The van der Waals surface area contributed by atoms with Crippen LogP contribution in [0.3, 0.4) is 0 Å². The van der Waals surface area contributed by atoms with Crippen molar-refractivity contribution in [3.8, 4) is 0 Å². The second kappa shape index (κ2) is 2.81. The van der Waals surface area contributed by atoms with Gasteiger partial charge in [0.25, 0.3) is 0 Å². The van der Waals surface area contributed by atoms with Gasteiger partial charge in [-0.3, -0.25) is 0 Å². The molecule has 0 bridgehead atoms. The predicted octanol–water partition coefficient (Wildman–Crippen LogP) is 2.97. The Kier molecular flexibility index (Phi) is 2.04. The van der Waals surface area contributed by atoms with Gasteiger partial charge in [0.05, 0.1) is 0 Å². The third kappa shape index (κ3) is 2.00. The third-order valence-corrected chi connectivity index (χ3v) is 1.33. The molecule has 0 N–H and O–H groups in total. The van der Waals surface area contributed by atoms with Gasteiger partial charge in [0, 0.05) is 0 Å². The summed E-state index contributed by atoms with van der Waals surface area (Å²) in [6.07, 6.45) is 6.33. The minimum absolute atomic E-state index is 0.00292. The van der Waals surface area contributed by atoms with E-state index in [0.29, 0.717) is 0 Å². The Morgan fingerprint density at radius 2 is 2.56 bits per heavy atom. The van der Waals surface area contributed by atoms with Gasteiger partial charge in [0.15, 0.2) is 0 Å². The molecule has 0 aliphatic heterocycles. The SMILES string of the molecule is CCCC=C(F)C1=CC1. The molecule has 0 saturated carbocycles. The lowest BCUT2D eigenvalue weighted by atomic mass is 10.3. The highest BCUT2D eigenvalue weighted by Crippen LogP contribution is 2.28. The summed E-state index contributed by atoms with van der Waals surface area (Å²) >= 11 is 0. The molecule has 0 atom stereocenters. The van der Waals surface area contributed by atoms with Crippen LogP contribution in [0.15, 0.2) is 23.6 Å². The van der Waals surface area contributed by atoms with Crippen molar-refractivity contribution in [3.63, 3.8) is 0 Å². The first-order valence-electron chi connectivity index (χ1n) is 3.39. The number of unbranched alkanes of at least 4 members (excludes halogenated alkanes) is 1. The Morgan fingerprint density at radius 1 is 1.89 bits per heavy atom. The number of allylic oxidation sites excluding steroid dienone is 4. The maximum Gasteiger partial charge on any atom is 0.122 e. The van der Waals surface area contributed by atoms with Crippen LogP contribution < -0.4 is 0 Å². The third-order valence-electron chi connectivity index (χ3n) is 1.33. The number of halogens is 1. The van der Waals surface area contributed by atoms with Gasteiger partial charge in [-0.2, -0.15) is 0 Å². The van der Waals surface area contributed by atoms with E-state index in [1.54, 1.807) is 6.08 Å². The smallest absolute Gasteiger partial charge is 0.122 e.